The van der Waals surface area contributed by atoms with E-state index < -0.39 is 0 Å². The predicted octanol–water partition coefficient (Wildman–Crippen LogP) is 3.87. The van der Waals surface area contributed by atoms with Crippen LogP contribution in [-0.2, 0) is 0 Å². The quantitative estimate of drug-likeness (QED) is 0.624. The van der Waals surface area contributed by atoms with Crippen molar-refractivity contribution in [3.8, 4) is 5.69 Å². The third-order valence-corrected chi connectivity index (χ3v) is 3.65. The molecular formula is C18H15N5. The zero-order chi connectivity index (χ0) is 15.6. The number of anilines is 2. The molecule has 0 aliphatic carbocycles. The Bertz CT molecular complexity index is 942. The molecule has 0 spiro atoms. The first kappa shape index (κ1) is 13.5. The maximum Gasteiger partial charge on any atom is 0.153 e. The molecule has 23 heavy (non-hydrogen) atoms. The van der Waals surface area contributed by atoms with Crippen molar-refractivity contribution in [2.45, 2.75) is 6.92 Å². The van der Waals surface area contributed by atoms with E-state index in [1.54, 1.807) is 0 Å². The Hall–Kier alpha value is -3.21. The molecule has 0 saturated heterocycles. The molecule has 0 saturated carbocycles. The highest BCUT2D eigenvalue weighted by atomic mass is 15.2. The highest BCUT2D eigenvalue weighted by molar-refractivity contribution is 5.82. The topological polar surface area (TPSA) is 55.6 Å². The molecule has 2 aromatic carbocycles. The largest absolute Gasteiger partial charge is 0.339 e. The van der Waals surface area contributed by atoms with Gasteiger partial charge in [-0.3, -0.25) is 4.57 Å². The molecular weight excluding hydrogens is 286 g/mol. The minimum atomic E-state index is 0.720. The number of nitrogens with one attached hydrogen (secondary N) is 1. The van der Waals surface area contributed by atoms with Crippen LogP contribution < -0.4 is 5.32 Å². The van der Waals surface area contributed by atoms with Crippen LogP contribution in [0.2, 0.25) is 0 Å². The molecule has 112 valence electrons. The van der Waals surface area contributed by atoms with Crippen LogP contribution in [0.4, 0.5) is 11.5 Å². The number of fused-ring (bicyclic) bond motifs is 1. The van der Waals surface area contributed by atoms with E-state index in [0.717, 1.165) is 33.9 Å². The standard InChI is InChI=1S/C18H15N5/c1-13-7-10-18(22-21-13)20-14-8-9-17-16(11-14)19-12-23(17)15-5-3-2-4-6-15/h2-12H,1H3,(H,20,22). The van der Waals surface area contributed by atoms with Crippen LogP contribution in [0.1, 0.15) is 5.69 Å². The molecule has 4 aromatic rings. The van der Waals surface area contributed by atoms with E-state index in [9.17, 15) is 0 Å². The second kappa shape index (κ2) is 5.53. The van der Waals surface area contributed by atoms with Crippen LogP contribution in [0.3, 0.4) is 0 Å². The fourth-order valence-corrected chi connectivity index (χ4v) is 2.50. The molecule has 0 atom stereocenters. The first-order valence-corrected chi connectivity index (χ1v) is 7.39. The summed E-state index contributed by atoms with van der Waals surface area (Å²) in [5.41, 5.74) is 4.93. The number of hydrogen-bond acceptors (Lipinski definition) is 4. The fourth-order valence-electron chi connectivity index (χ4n) is 2.50. The molecule has 2 aromatic heterocycles. The first-order chi connectivity index (χ1) is 11.3. The Labute approximate surface area is 133 Å². The summed E-state index contributed by atoms with van der Waals surface area (Å²) in [4.78, 5) is 4.50. The summed E-state index contributed by atoms with van der Waals surface area (Å²) < 4.78 is 2.07. The van der Waals surface area contributed by atoms with Crippen LogP contribution in [0.5, 0.6) is 0 Å². The Morgan fingerprint density at radius 1 is 0.913 bits per heavy atom. The van der Waals surface area contributed by atoms with Crippen LogP contribution in [0.25, 0.3) is 16.7 Å². The second-order valence-electron chi connectivity index (χ2n) is 5.34. The first-order valence-electron chi connectivity index (χ1n) is 7.39. The van der Waals surface area contributed by atoms with Crippen molar-refractivity contribution in [3.63, 3.8) is 0 Å². The lowest BCUT2D eigenvalue weighted by Gasteiger charge is -2.06. The predicted molar refractivity (Wildman–Crippen MR) is 91.1 cm³/mol. The molecule has 1 N–H and O–H groups in total. The van der Waals surface area contributed by atoms with Gasteiger partial charge in [-0.1, -0.05) is 18.2 Å². The number of imidazole rings is 1. The number of aryl methyl sites for hydroxylation is 1. The smallest absolute Gasteiger partial charge is 0.153 e. The van der Waals surface area contributed by atoms with Gasteiger partial charge in [-0.15, -0.1) is 5.10 Å². The number of rotatable bonds is 3. The average molecular weight is 301 g/mol. The summed E-state index contributed by atoms with van der Waals surface area (Å²) in [5.74, 6) is 0.720. The second-order valence-corrected chi connectivity index (χ2v) is 5.34. The summed E-state index contributed by atoms with van der Waals surface area (Å²) in [7, 11) is 0. The molecule has 5 heteroatoms. The normalized spacial score (nSPS) is 10.8. The van der Waals surface area contributed by atoms with Crippen LogP contribution in [0.15, 0.2) is 67.0 Å². The van der Waals surface area contributed by atoms with E-state index in [-0.39, 0.29) is 0 Å². The molecule has 4 rings (SSSR count). The fraction of sp³-hybridized carbons (Fsp3) is 0.0556. The van der Waals surface area contributed by atoms with E-state index in [2.05, 4.69) is 43.3 Å². The van der Waals surface area contributed by atoms with E-state index in [1.807, 2.05) is 55.7 Å². The summed E-state index contributed by atoms with van der Waals surface area (Å²) in [5, 5.41) is 11.4. The van der Waals surface area contributed by atoms with E-state index in [1.165, 1.54) is 0 Å². The van der Waals surface area contributed by atoms with Gasteiger partial charge in [0.15, 0.2) is 5.82 Å². The molecule has 0 fully saturated rings. The molecule has 0 amide bonds. The van der Waals surface area contributed by atoms with Crippen molar-refractivity contribution in [1.29, 1.82) is 0 Å². The Morgan fingerprint density at radius 3 is 2.57 bits per heavy atom. The van der Waals surface area contributed by atoms with Crippen molar-refractivity contribution in [2.24, 2.45) is 0 Å². The van der Waals surface area contributed by atoms with E-state index in [0.29, 0.717) is 0 Å². The van der Waals surface area contributed by atoms with Gasteiger partial charge in [-0.05, 0) is 49.4 Å². The third kappa shape index (κ3) is 2.64. The monoisotopic (exact) mass is 301 g/mol. The zero-order valence-electron chi connectivity index (χ0n) is 12.6. The number of para-hydroxylation sites is 1. The number of hydrogen-bond donors (Lipinski definition) is 1. The van der Waals surface area contributed by atoms with Gasteiger partial charge in [-0.2, -0.15) is 5.10 Å². The highest BCUT2D eigenvalue weighted by Crippen LogP contribution is 2.23. The van der Waals surface area contributed by atoms with Gasteiger partial charge < -0.3 is 5.32 Å². The van der Waals surface area contributed by atoms with Crippen LogP contribution in [-0.4, -0.2) is 19.7 Å². The molecule has 0 aliphatic heterocycles. The van der Waals surface area contributed by atoms with Crippen molar-refractivity contribution in [3.05, 3.63) is 72.7 Å². The van der Waals surface area contributed by atoms with Gasteiger partial charge in [-0.25, -0.2) is 4.98 Å². The highest BCUT2D eigenvalue weighted by Gasteiger charge is 2.06. The third-order valence-electron chi connectivity index (χ3n) is 3.65. The Morgan fingerprint density at radius 2 is 1.78 bits per heavy atom. The van der Waals surface area contributed by atoms with Gasteiger partial charge in [0.1, 0.15) is 6.33 Å². The molecule has 0 bridgehead atoms. The number of nitrogens with zero attached hydrogens (tertiary/aromatic N) is 4. The Kier molecular flexibility index (Phi) is 3.24. The maximum atomic E-state index is 4.50. The van der Waals surface area contributed by atoms with E-state index in [4.69, 9.17) is 0 Å². The molecule has 5 nitrogen and oxygen atoms in total. The lowest BCUT2D eigenvalue weighted by Crippen LogP contribution is -1.96. The van der Waals surface area contributed by atoms with Crippen LogP contribution >= 0.6 is 0 Å². The molecule has 0 aliphatic rings. The minimum Gasteiger partial charge on any atom is -0.339 e. The number of benzene rings is 2. The van der Waals surface area contributed by atoms with Crippen LogP contribution in [0, 0.1) is 6.92 Å². The van der Waals surface area contributed by atoms with Crippen molar-refractivity contribution < 1.29 is 0 Å². The SMILES string of the molecule is Cc1ccc(Nc2ccc3c(c2)ncn3-c2ccccc2)nn1. The maximum absolute atomic E-state index is 4.50. The summed E-state index contributed by atoms with van der Waals surface area (Å²) in [6.07, 6.45) is 1.84. The summed E-state index contributed by atoms with van der Waals surface area (Å²) in [6, 6.07) is 20.1. The van der Waals surface area contributed by atoms with Gasteiger partial charge in [0.2, 0.25) is 0 Å². The zero-order valence-corrected chi connectivity index (χ0v) is 12.6. The molecule has 0 unspecified atom stereocenters. The van der Waals surface area contributed by atoms with Crippen molar-refractivity contribution in [1.82, 2.24) is 19.7 Å². The summed E-state index contributed by atoms with van der Waals surface area (Å²) >= 11 is 0. The molecule has 2 heterocycles. The van der Waals surface area contributed by atoms with E-state index >= 15 is 0 Å². The lowest BCUT2D eigenvalue weighted by atomic mass is 10.2. The van der Waals surface area contributed by atoms with Crippen molar-refractivity contribution >= 4 is 22.5 Å². The van der Waals surface area contributed by atoms with Gasteiger partial charge in [0.05, 0.1) is 16.7 Å². The van der Waals surface area contributed by atoms with Gasteiger partial charge in [0, 0.05) is 11.4 Å². The average Bonchev–Trinajstić information content (AvgIpc) is 3.01. The van der Waals surface area contributed by atoms with Crippen molar-refractivity contribution in [2.75, 3.05) is 5.32 Å². The molecule has 0 radical (unpaired) electrons. The van der Waals surface area contributed by atoms with Gasteiger partial charge >= 0.3 is 0 Å². The number of aromatic nitrogens is 4. The Balaban J connectivity index is 1.68. The lowest BCUT2D eigenvalue weighted by molar-refractivity contribution is 0.986. The van der Waals surface area contributed by atoms with Gasteiger partial charge in [0.25, 0.3) is 0 Å². The minimum absolute atomic E-state index is 0.720. The summed E-state index contributed by atoms with van der Waals surface area (Å²) in [6.45, 7) is 1.92.